The van der Waals surface area contributed by atoms with Gasteiger partial charge in [-0.2, -0.15) is 13.2 Å². The number of benzene rings is 1. The van der Waals surface area contributed by atoms with Crippen molar-refractivity contribution in [2.45, 2.75) is 38.3 Å². The third kappa shape index (κ3) is 5.58. The van der Waals surface area contributed by atoms with Gasteiger partial charge in [0.25, 0.3) is 5.91 Å². The number of alkyl halides is 3. The van der Waals surface area contributed by atoms with Gasteiger partial charge in [-0.1, -0.05) is 11.6 Å². The molecule has 1 aromatic carbocycles. The minimum Gasteiger partial charge on any atom is -0.354 e. The third-order valence-corrected chi connectivity index (χ3v) is 4.62. The van der Waals surface area contributed by atoms with Crippen LogP contribution in [0.2, 0.25) is 0 Å². The van der Waals surface area contributed by atoms with Crippen LogP contribution in [0.3, 0.4) is 0 Å². The highest BCUT2D eigenvalue weighted by Crippen LogP contribution is 2.30. The number of hydrogen-bond donors (Lipinski definition) is 2. The summed E-state index contributed by atoms with van der Waals surface area (Å²) < 4.78 is 37.9. The molecule has 1 aliphatic carbocycles. The van der Waals surface area contributed by atoms with Crippen molar-refractivity contribution in [1.29, 1.82) is 0 Å². The summed E-state index contributed by atoms with van der Waals surface area (Å²) in [6, 6.07) is 6.32. The van der Waals surface area contributed by atoms with Crippen molar-refractivity contribution in [2.24, 2.45) is 0 Å². The number of carbonyl (C=O) groups excluding carboxylic acids is 1. The molecule has 0 saturated heterocycles. The highest BCUT2D eigenvalue weighted by atomic mass is 19.4. The molecule has 0 spiro atoms. The van der Waals surface area contributed by atoms with Gasteiger partial charge in [-0.25, -0.2) is 0 Å². The van der Waals surface area contributed by atoms with Crippen molar-refractivity contribution in [1.82, 2.24) is 10.3 Å². The van der Waals surface area contributed by atoms with Crippen molar-refractivity contribution in [3.05, 3.63) is 65.5 Å². The van der Waals surface area contributed by atoms with E-state index in [1.165, 1.54) is 42.9 Å². The van der Waals surface area contributed by atoms with Crippen molar-refractivity contribution < 1.29 is 18.0 Å². The Hall–Kier alpha value is -2.83. The van der Waals surface area contributed by atoms with Crippen LogP contribution in [0.25, 0.3) is 0 Å². The first kappa shape index (κ1) is 19.9. The van der Waals surface area contributed by atoms with Gasteiger partial charge in [0.15, 0.2) is 0 Å². The smallest absolute Gasteiger partial charge is 0.354 e. The largest absolute Gasteiger partial charge is 0.416 e. The molecular weight excluding hydrogens is 367 g/mol. The second-order valence-corrected chi connectivity index (χ2v) is 6.78. The first-order valence-electron chi connectivity index (χ1n) is 9.27. The fourth-order valence-corrected chi connectivity index (χ4v) is 3.11. The molecule has 0 bridgehead atoms. The van der Waals surface area contributed by atoms with Crippen LogP contribution in [0, 0.1) is 0 Å². The van der Waals surface area contributed by atoms with Crippen molar-refractivity contribution in [2.75, 3.05) is 11.9 Å². The first-order chi connectivity index (χ1) is 13.4. The zero-order valence-electron chi connectivity index (χ0n) is 15.4. The van der Waals surface area contributed by atoms with E-state index in [0.29, 0.717) is 23.5 Å². The molecule has 7 heteroatoms. The average molecular weight is 389 g/mol. The van der Waals surface area contributed by atoms with Crippen LogP contribution in [-0.2, 0) is 6.18 Å². The van der Waals surface area contributed by atoms with Crippen molar-refractivity contribution in [3.63, 3.8) is 0 Å². The molecule has 1 amide bonds. The number of carbonyl (C=O) groups is 1. The molecule has 1 heterocycles. The molecule has 0 radical (unpaired) electrons. The van der Waals surface area contributed by atoms with E-state index in [2.05, 4.69) is 21.7 Å². The lowest BCUT2D eigenvalue weighted by molar-refractivity contribution is -0.137. The van der Waals surface area contributed by atoms with Crippen LogP contribution >= 0.6 is 0 Å². The predicted molar refractivity (Wildman–Crippen MR) is 102 cm³/mol. The average Bonchev–Trinajstić information content (AvgIpc) is 2.69. The van der Waals surface area contributed by atoms with E-state index in [-0.39, 0.29) is 5.91 Å². The summed E-state index contributed by atoms with van der Waals surface area (Å²) in [5, 5.41) is 5.86. The van der Waals surface area contributed by atoms with Crippen LogP contribution in [0.5, 0.6) is 0 Å². The lowest BCUT2D eigenvalue weighted by Gasteiger charge is -2.13. The molecule has 1 aromatic heterocycles. The van der Waals surface area contributed by atoms with Crippen LogP contribution < -0.4 is 10.6 Å². The number of nitrogens with zero attached hydrogens (tertiary/aromatic N) is 1. The quantitative estimate of drug-likeness (QED) is 0.645. The van der Waals surface area contributed by atoms with Crippen LogP contribution in [0.15, 0.2) is 54.4 Å². The fourth-order valence-electron chi connectivity index (χ4n) is 3.11. The SMILES string of the molecule is O=C(NCCC1=CCCCC1)c1cncc(Nc2ccc(C(F)(F)F)cc2)c1. The Balaban J connectivity index is 1.57. The number of pyridine rings is 1. The molecular formula is C21H22F3N3O. The molecule has 0 aliphatic heterocycles. The highest BCUT2D eigenvalue weighted by Gasteiger charge is 2.29. The van der Waals surface area contributed by atoms with Crippen LogP contribution in [0.1, 0.15) is 48.0 Å². The lowest BCUT2D eigenvalue weighted by Crippen LogP contribution is -2.25. The summed E-state index contributed by atoms with van der Waals surface area (Å²) in [4.78, 5) is 16.4. The normalized spacial score (nSPS) is 14.3. The molecule has 4 nitrogen and oxygen atoms in total. The molecule has 0 atom stereocenters. The van der Waals surface area contributed by atoms with E-state index in [9.17, 15) is 18.0 Å². The second kappa shape index (κ2) is 8.91. The van der Waals surface area contributed by atoms with E-state index < -0.39 is 11.7 Å². The summed E-state index contributed by atoms with van der Waals surface area (Å²) in [5.41, 5.74) is 2.09. The van der Waals surface area contributed by atoms with Gasteiger partial charge in [-0.15, -0.1) is 0 Å². The van der Waals surface area contributed by atoms with E-state index in [0.717, 1.165) is 31.4 Å². The van der Waals surface area contributed by atoms with Gasteiger partial charge >= 0.3 is 6.18 Å². The molecule has 2 aromatic rings. The Morgan fingerprint density at radius 1 is 1.07 bits per heavy atom. The maximum atomic E-state index is 12.6. The van der Waals surface area contributed by atoms with Gasteiger partial charge in [0.1, 0.15) is 0 Å². The zero-order chi connectivity index (χ0) is 20.0. The van der Waals surface area contributed by atoms with Crippen molar-refractivity contribution >= 4 is 17.3 Å². The molecule has 0 saturated carbocycles. The standard InChI is InChI=1S/C21H22F3N3O/c22-21(23,24)17-6-8-18(9-7-17)27-19-12-16(13-25-14-19)20(28)26-11-10-15-4-2-1-3-5-15/h4,6-9,12-14,27H,1-3,5,10-11H2,(H,26,28). The van der Waals surface area contributed by atoms with Gasteiger partial charge < -0.3 is 10.6 Å². The molecule has 148 valence electrons. The highest BCUT2D eigenvalue weighted by molar-refractivity contribution is 5.94. The summed E-state index contributed by atoms with van der Waals surface area (Å²) in [5.74, 6) is -0.222. The number of anilines is 2. The number of amides is 1. The van der Waals surface area contributed by atoms with Gasteiger partial charge in [0, 0.05) is 18.4 Å². The molecule has 1 aliphatic rings. The second-order valence-electron chi connectivity index (χ2n) is 6.78. The lowest BCUT2D eigenvalue weighted by atomic mass is 9.97. The van der Waals surface area contributed by atoms with Crippen LogP contribution in [0.4, 0.5) is 24.5 Å². The Morgan fingerprint density at radius 3 is 2.54 bits per heavy atom. The maximum absolute atomic E-state index is 12.6. The predicted octanol–water partition coefficient (Wildman–Crippen LogP) is 5.46. The minimum absolute atomic E-state index is 0.222. The molecule has 0 fully saturated rings. The number of hydrogen-bond acceptors (Lipinski definition) is 3. The zero-order valence-corrected chi connectivity index (χ0v) is 15.4. The van der Waals surface area contributed by atoms with Crippen molar-refractivity contribution in [3.8, 4) is 0 Å². The van der Waals surface area contributed by atoms with Gasteiger partial charge in [-0.05, 0) is 62.4 Å². The van der Waals surface area contributed by atoms with Gasteiger partial charge in [-0.3, -0.25) is 9.78 Å². The summed E-state index contributed by atoms with van der Waals surface area (Å²) >= 11 is 0. The topological polar surface area (TPSA) is 54.0 Å². The molecule has 0 unspecified atom stereocenters. The Labute approximate surface area is 161 Å². The summed E-state index contributed by atoms with van der Waals surface area (Å²) in [6.07, 6.45) is 6.38. The van der Waals surface area contributed by atoms with E-state index in [1.807, 2.05) is 0 Å². The van der Waals surface area contributed by atoms with E-state index >= 15 is 0 Å². The maximum Gasteiger partial charge on any atom is 0.416 e. The number of nitrogens with one attached hydrogen (secondary N) is 2. The number of allylic oxidation sites excluding steroid dienone is 1. The first-order valence-corrected chi connectivity index (χ1v) is 9.27. The molecule has 2 N–H and O–H groups in total. The Kier molecular flexibility index (Phi) is 6.34. The third-order valence-electron chi connectivity index (χ3n) is 4.62. The Morgan fingerprint density at radius 2 is 1.86 bits per heavy atom. The fraction of sp³-hybridized carbons (Fsp3) is 0.333. The minimum atomic E-state index is -4.37. The van der Waals surface area contributed by atoms with Gasteiger partial charge in [0.2, 0.25) is 0 Å². The summed E-state index contributed by atoms with van der Waals surface area (Å²) in [7, 11) is 0. The van der Waals surface area contributed by atoms with Gasteiger partial charge in [0.05, 0.1) is 23.0 Å². The summed E-state index contributed by atoms with van der Waals surface area (Å²) in [6.45, 7) is 0.571. The number of aromatic nitrogens is 1. The van der Waals surface area contributed by atoms with E-state index in [4.69, 9.17) is 0 Å². The molecule has 3 rings (SSSR count). The molecule has 28 heavy (non-hydrogen) atoms. The number of rotatable bonds is 6. The van der Waals surface area contributed by atoms with Crippen LogP contribution in [-0.4, -0.2) is 17.4 Å². The Bertz CT molecular complexity index is 845. The monoisotopic (exact) mass is 389 g/mol. The van der Waals surface area contributed by atoms with E-state index in [1.54, 1.807) is 6.07 Å². The number of halogens is 3.